The Morgan fingerprint density at radius 2 is 1.85 bits per heavy atom. The van der Waals surface area contributed by atoms with E-state index in [1.807, 2.05) is 0 Å². The second-order valence-electron chi connectivity index (χ2n) is 6.21. The smallest absolute Gasteiger partial charge is 0.337 e. The van der Waals surface area contributed by atoms with Crippen molar-refractivity contribution in [2.45, 2.75) is 31.6 Å². The van der Waals surface area contributed by atoms with Gasteiger partial charge in [-0.05, 0) is 25.0 Å². The van der Waals surface area contributed by atoms with Crippen molar-refractivity contribution >= 4 is 11.9 Å². The molecular weight excluding hydrogens is 353 g/mol. The molecule has 0 bridgehead atoms. The van der Waals surface area contributed by atoms with E-state index in [0.29, 0.717) is 5.56 Å². The summed E-state index contributed by atoms with van der Waals surface area (Å²) in [5.74, 6) is -0.206. The number of imide groups is 1. The first-order valence-electron chi connectivity index (χ1n) is 7.94. The van der Waals surface area contributed by atoms with Crippen LogP contribution in [0.4, 0.5) is 18.0 Å². The standard InChI is InChI=1S/C16H13F3N4O3/c17-16(18,19)10-3-1-9(2-4-10)14-20-12(26-21-14)7-23-13(24)8-22(15(23)25)11-5-6-11/h1-4,11H,5-8H2. The van der Waals surface area contributed by atoms with Crippen molar-refractivity contribution < 1.29 is 27.3 Å². The number of urea groups is 1. The summed E-state index contributed by atoms with van der Waals surface area (Å²) in [5, 5.41) is 3.71. The molecule has 0 N–H and O–H groups in total. The number of benzene rings is 1. The highest BCUT2D eigenvalue weighted by Crippen LogP contribution is 2.32. The van der Waals surface area contributed by atoms with E-state index >= 15 is 0 Å². The third kappa shape index (κ3) is 3.02. The van der Waals surface area contributed by atoms with E-state index < -0.39 is 11.7 Å². The first-order chi connectivity index (χ1) is 12.3. The zero-order chi connectivity index (χ0) is 18.5. The minimum absolute atomic E-state index is 0.0410. The van der Waals surface area contributed by atoms with E-state index in [-0.39, 0.29) is 42.8 Å². The summed E-state index contributed by atoms with van der Waals surface area (Å²) in [6.07, 6.45) is -2.64. The molecule has 7 nitrogen and oxygen atoms in total. The highest BCUT2D eigenvalue weighted by molar-refractivity contribution is 6.02. The Hall–Kier alpha value is -2.91. The largest absolute Gasteiger partial charge is 0.416 e. The molecule has 2 heterocycles. The topological polar surface area (TPSA) is 79.5 Å². The van der Waals surface area contributed by atoms with Crippen LogP contribution in [0, 0.1) is 0 Å². The number of alkyl halides is 3. The van der Waals surface area contributed by atoms with Crippen LogP contribution in [0.3, 0.4) is 0 Å². The molecule has 2 aliphatic rings. The van der Waals surface area contributed by atoms with Gasteiger partial charge in [-0.25, -0.2) is 4.79 Å². The van der Waals surface area contributed by atoms with Gasteiger partial charge >= 0.3 is 12.2 Å². The fourth-order valence-electron chi connectivity index (χ4n) is 2.77. The number of halogens is 3. The predicted molar refractivity (Wildman–Crippen MR) is 80.4 cm³/mol. The predicted octanol–water partition coefficient (Wildman–Crippen LogP) is 2.68. The van der Waals surface area contributed by atoms with Crippen LogP contribution in [-0.4, -0.2) is 44.5 Å². The van der Waals surface area contributed by atoms with Gasteiger partial charge in [-0.15, -0.1) is 0 Å². The first-order valence-corrected chi connectivity index (χ1v) is 7.94. The van der Waals surface area contributed by atoms with Gasteiger partial charge in [0.05, 0.1) is 5.56 Å². The van der Waals surface area contributed by atoms with E-state index in [1.165, 1.54) is 17.0 Å². The Morgan fingerprint density at radius 1 is 1.15 bits per heavy atom. The maximum atomic E-state index is 12.6. The summed E-state index contributed by atoms with van der Waals surface area (Å²) in [6, 6.07) is 4.06. The van der Waals surface area contributed by atoms with Gasteiger partial charge < -0.3 is 9.42 Å². The molecule has 1 saturated carbocycles. The number of carbonyl (C=O) groups is 2. The lowest BCUT2D eigenvalue weighted by Crippen LogP contribution is -2.33. The van der Waals surface area contributed by atoms with Gasteiger partial charge in [-0.3, -0.25) is 9.69 Å². The van der Waals surface area contributed by atoms with Crippen molar-refractivity contribution in [2.24, 2.45) is 0 Å². The van der Waals surface area contributed by atoms with E-state index in [2.05, 4.69) is 10.1 Å². The third-order valence-electron chi connectivity index (χ3n) is 4.30. The Morgan fingerprint density at radius 3 is 2.46 bits per heavy atom. The molecule has 0 spiro atoms. The molecule has 1 saturated heterocycles. The summed E-state index contributed by atoms with van der Waals surface area (Å²) >= 11 is 0. The lowest BCUT2D eigenvalue weighted by atomic mass is 10.1. The van der Waals surface area contributed by atoms with Gasteiger partial charge in [0.1, 0.15) is 13.1 Å². The van der Waals surface area contributed by atoms with Crippen LogP contribution in [0.5, 0.6) is 0 Å². The SMILES string of the molecule is O=C1CN(C2CC2)C(=O)N1Cc1nc(-c2ccc(C(F)(F)F)cc2)no1. The summed E-state index contributed by atoms with van der Waals surface area (Å²) < 4.78 is 42.8. The summed E-state index contributed by atoms with van der Waals surface area (Å²) in [6.45, 7) is -0.113. The van der Waals surface area contributed by atoms with Crippen LogP contribution in [0.15, 0.2) is 28.8 Å². The minimum Gasteiger partial charge on any atom is -0.337 e. The van der Waals surface area contributed by atoms with Gasteiger partial charge in [0.25, 0.3) is 5.91 Å². The van der Waals surface area contributed by atoms with Gasteiger partial charge in [0, 0.05) is 11.6 Å². The quantitative estimate of drug-likeness (QED) is 0.778. The number of amides is 3. The van der Waals surface area contributed by atoms with Crippen LogP contribution in [0.2, 0.25) is 0 Å². The van der Waals surface area contributed by atoms with Crippen LogP contribution >= 0.6 is 0 Å². The number of nitrogens with zero attached hydrogens (tertiary/aromatic N) is 4. The third-order valence-corrected chi connectivity index (χ3v) is 4.30. The minimum atomic E-state index is -4.43. The van der Waals surface area contributed by atoms with Crippen LogP contribution in [0.25, 0.3) is 11.4 Å². The highest BCUT2D eigenvalue weighted by atomic mass is 19.4. The molecular formula is C16H13F3N4O3. The van der Waals surface area contributed by atoms with Gasteiger partial charge in [0.2, 0.25) is 11.7 Å². The number of aromatic nitrogens is 2. The molecule has 1 aromatic heterocycles. The monoisotopic (exact) mass is 366 g/mol. The molecule has 0 unspecified atom stereocenters. The second-order valence-corrected chi connectivity index (χ2v) is 6.21. The second kappa shape index (κ2) is 5.82. The van der Waals surface area contributed by atoms with E-state index in [0.717, 1.165) is 29.9 Å². The van der Waals surface area contributed by atoms with Crippen LogP contribution in [-0.2, 0) is 17.5 Å². The molecule has 0 radical (unpaired) electrons. The molecule has 1 aromatic carbocycles. The van der Waals surface area contributed by atoms with Gasteiger partial charge in [-0.1, -0.05) is 17.3 Å². The first kappa shape index (κ1) is 16.6. The number of hydrogen-bond donors (Lipinski definition) is 0. The molecule has 26 heavy (non-hydrogen) atoms. The van der Waals surface area contributed by atoms with Gasteiger partial charge in [-0.2, -0.15) is 18.2 Å². The normalized spacial score (nSPS) is 18.1. The zero-order valence-electron chi connectivity index (χ0n) is 13.4. The highest BCUT2D eigenvalue weighted by Gasteiger charge is 2.44. The van der Waals surface area contributed by atoms with Crippen molar-refractivity contribution in [3.8, 4) is 11.4 Å². The molecule has 3 amide bonds. The Kier molecular flexibility index (Phi) is 3.70. The van der Waals surface area contributed by atoms with Crippen molar-refractivity contribution in [1.29, 1.82) is 0 Å². The molecule has 1 aliphatic carbocycles. The molecule has 10 heteroatoms. The van der Waals surface area contributed by atoms with Gasteiger partial charge in [0.15, 0.2) is 0 Å². The summed E-state index contributed by atoms with van der Waals surface area (Å²) in [7, 11) is 0. The molecule has 2 aromatic rings. The fourth-order valence-corrected chi connectivity index (χ4v) is 2.77. The Balaban J connectivity index is 1.48. The number of rotatable bonds is 4. The Bertz CT molecular complexity index is 858. The van der Waals surface area contributed by atoms with Crippen molar-refractivity contribution in [3.05, 3.63) is 35.7 Å². The maximum Gasteiger partial charge on any atom is 0.416 e. The van der Waals surface area contributed by atoms with E-state index in [1.54, 1.807) is 0 Å². The fraction of sp³-hybridized carbons (Fsp3) is 0.375. The van der Waals surface area contributed by atoms with Crippen LogP contribution in [0.1, 0.15) is 24.3 Å². The number of hydrogen-bond acceptors (Lipinski definition) is 5. The molecule has 2 fully saturated rings. The van der Waals surface area contributed by atoms with E-state index in [9.17, 15) is 22.8 Å². The lowest BCUT2D eigenvalue weighted by Gasteiger charge is -2.14. The average Bonchev–Trinajstić information content (AvgIpc) is 3.27. The maximum absolute atomic E-state index is 12.6. The number of carbonyl (C=O) groups excluding carboxylic acids is 2. The zero-order valence-corrected chi connectivity index (χ0v) is 13.4. The van der Waals surface area contributed by atoms with Crippen molar-refractivity contribution in [1.82, 2.24) is 19.9 Å². The lowest BCUT2D eigenvalue weighted by molar-refractivity contribution is -0.137. The summed E-state index contributed by atoms with van der Waals surface area (Å²) in [5.41, 5.74) is -0.440. The summed E-state index contributed by atoms with van der Waals surface area (Å²) in [4.78, 5) is 30.9. The van der Waals surface area contributed by atoms with Crippen molar-refractivity contribution in [3.63, 3.8) is 0 Å². The van der Waals surface area contributed by atoms with Crippen molar-refractivity contribution in [2.75, 3.05) is 6.54 Å². The molecule has 136 valence electrons. The molecule has 4 rings (SSSR count). The molecule has 1 aliphatic heterocycles. The Labute approximate surface area is 145 Å². The molecule has 0 atom stereocenters. The van der Waals surface area contributed by atoms with Crippen LogP contribution < -0.4 is 0 Å². The average molecular weight is 366 g/mol. The van der Waals surface area contributed by atoms with E-state index in [4.69, 9.17) is 4.52 Å².